The quantitative estimate of drug-likeness (QED) is 0.604. The second-order valence-corrected chi connectivity index (χ2v) is 5.82. The Morgan fingerprint density at radius 1 is 1.00 bits per heavy atom. The molecule has 0 saturated heterocycles. The van der Waals surface area contributed by atoms with E-state index >= 15 is 0 Å². The number of rotatable bonds is 5. The molecule has 0 unspecified atom stereocenters. The molecule has 0 atom stereocenters. The van der Waals surface area contributed by atoms with Gasteiger partial charge in [-0.15, -0.1) is 0 Å². The number of aromatic amines is 1. The van der Waals surface area contributed by atoms with Crippen molar-refractivity contribution in [2.45, 2.75) is 0 Å². The van der Waals surface area contributed by atoms with Crippen LogP contribution < -0.4 is 15.6 Å². The van der Waals surface area contributed by atoms with Gasteiger partial charge in [0.25, 0.3) is 11.8 Å². The van der Waals surface area contributed by atoms with Gasteiger partial charge < -0.3 is 9.72 Å². The first-order chi connectivity index (χ1) is 12.6. The van der Waals surface area contributed by atoms with E-state index in [1.54, 1.807) is 6.07 Å². The number of para-hydroxylation sites is 1. The van der Waals surface area contributed by atoms with Crippen LogP contribution in [-0.2, 0) is 4.79 Å². The number of benzene rings is 2. The Balaban J connectivity index is 1.56. The Morgan fingerprint density at radius 3 is 2.46 bits per heavy atom. The molecule has 1 heterocycles. The predicted molar refractivity (Wildman–Crippen MR) is 98.8 cm³/mol. The van der Waals surface area contributed by atoms with Crippen LogP contribution in [0.25, 0.3) is 11.1 Å². The van der Waals surface area contributed by atoms with Crippen LogP contribution in [0.5, 0.6) is 5.75 Å². The van der Waals surface area contributed by atoms with E-state index in [2.05, 4.69) is 15.8 Å². The van der Waals surface area contributed by atoms with Crippen LogP contribution in [-0.4, -0.2) is 23.4 Å². The summed E-state index contributed by atoms with van der Waals surface area (Å²) < 4.78 is 5.60. The highest BCUT2D eigenvalue weighted by molar-refractivity contribution is 6.30. The maximum Gasteiger partial charge on any atom is 0.286 e. The van der Waals surface area contributed by atoms with E-state index < -0.39 is 11.8 Å². The van der Waals surface area contributed by atoms with E-state index in [0.717, 1.165) is 11.1 Å². The van der Waals surface area contributed by atoms with Crippen molar-refractivity contribution < 1.29 is 14.3 Å². The van der Waals surface area contributed by atoms with Gasteiger partial charge in [0.2, 0.25) is 0 Å². The third-order valence-corrected chi connectivity index (χ3v) is 3.76. The highest BCUT2D eigenvalue weighted by atomic mass is 35.5. The molecule has 26 heavy (non-hydrogen) atoms. The molecular formula is C19H16ClN3O3. The highest BCUT2D eigenvalue weighted by Gasteiger charge is 2.11. The first-order valence-corrected chi connectivity index (χ1v) is 8.21. The van der Waals surface area contributed by atoms with Crippen LogP contribution in [0, 0.1) is 0 Å². The maximum absolute atomic E-state index is 11.9. The van der Waals surface area contributed by atoms with Crippen LogP contribution in [0.2, 0.25) is 5.02 Å². The summed E-state index contributed by atoms with van der Waals surface area (Å²) in [5.74, 6) is -0.412. The fourth-order valence-corrected chi connectivity index (χ4v) is 2.48. The van der Waals surface area contributed by atoms with Gasteiger partial charge in [0.15, 0.2) is 6.61 Å². The van der Waals surface area contributed by atoms with E-state index in [1.807, 2.05) is 48.5 Å². The van der Waals surface area contributed by atoms with Gasteiger partial charge in [-0.25, -0.2) is 0 Å². The Hall–Kier alpha value is -3.25. The first kappa shape index (κ1) is 17.6. The minimum atomic E-state index is -0.505. The topological polar surface area (TPSA) is 83.2 Å². The largest absolute Gasteiger partial charge is 0.483 e. The molecule has 0 spiro atoms. The zero-order chi connectivity index (χ0) is 18.4. The molecule has 7 heteroatoms. The van der Waals surface area contributed by atoms with E-state index in [4.69, 9.17) is 16.3 Å². The number of hydrazine groups is 1. The molecule has 0 radical (unpaired) electrons. The summed E-state index contributed by atoms with van der Waals surface area (Å²) in [6.07, 6.45) is 1.47. The molecule has 2 aromatic carbocycles. The van der Waals surface area contributed by atoms with Gasteiger partial charge in [-0.1, -0.05) is 60.1 Å². The predicted octanol–water partition coefficient (Wildman–Crippen LogP) is 3.18. The minimum absolute atomic E-state index is 0.240. The molecule has 0 aliphatic carbocycles. The third kappa shape index (κ3) is 4.43. The SMILES string of the molecule is O=C(COc1ccccc1-c1ccccc1)NNC(=O)c1cc(Cl)c[nH]1. The first-order valence-electron chi connectivity index (χ1n) is 7.84. The number of H-pyrrole nitrogens is 1. The van der Waals surface area contributed by atoms with Crippen LogP contribution >= 0.6 is 11.6 Å². The number of nitrogens with one attached hydrogen (secondary N) is 3. The molecule has 0 aliphatic heterocycles. The molecule has 2 amide bonds. The van der Waals surface area contributed by atoms with Crippen molar-refractivity contribution in [3.05, 3.63) is 77.6 Å². The standard InChI is InChI=1S/C19H16ClN3O3/c20-14-10-16(21-11-14)19(25)23-22-18(24)12-26-17-9-5-4-8-15(17)13-6-2-1-3-7-13/h1-11,21H,12H2,(H,22,24)(H,23,25). The highest BCUT2D eigenvalue weighted by Crippen LogP contribution is 2.29. The van der Waals surface area contributed by atoms with Gasteiger partial charge in [-0.05, 0) is 17.7 Å². The molecule has 0 bridgehead atoms. The molecule has 6 nitrogen and oxygen atoms in total. The molecule has 0 saturated carbocycles. The number of hydrogen-bond donors (Lipinski definition) is 3. The summed E-state index contributed by atoms with van der Waals surface area (Å²) in [4.78, 5) is 26.4. The second kappa shape index (κ2) is 8.22. The van der Waals surface area contributed by atoms with E-state index in [0.29, 0.717) is 10.8 Å². The third-order valence-electron chi connectivity index (χ3n) is 3.54. The van der Waals surface area contributed by atoms with E-state index in [1.165, 1.54) is 12.3 Å². The van der Waals surface area contributed by atoms with Gasteiger partial charge in [0, 0.05) is 11.8 Å². The summed E-state index contributed by atoms with van der Waals surface area (Å²) in [7, 11) is 0. The molecule has 3 N–H and O–H groups in total. The van der Waals surface area contributed by atoms with Crippen molar-refractivity contribution in [1.29, 1.82) is 0 Å². The van der Waals surface area contributed by atoms with Crippen molar-refractivity contribution in [2.75, 3.05) is 6.61 Å². The lowest BCUT2D eigenvalue weighted by Gasteiger charge is -2.12. The van der Waals surface area contributed by atoms with Gasteiger partial charge in [0.1, 0.15) is 11.4 Å². The lowest BCUT2D eigenvalue weighted by Crippen LogP contribution is -2.43. The summed E-state index contributed by atoms with van der Waals surface area (Å²) >= 11 is 5.73. The summed E-state index contributed by atoms with van der Waals surface area (Å²) in [5, 5.41) is 0.405. The number of carbonyl (C=O) groups excluding carboxylic acids is 2. The van der Waals surface area contributed by atoms with Crippen LogP contribution in [0.3, 0.4) is 0 Å². The zero-order valence-electron chi connectivity index (χ0n) is 13.7. The molecular weight excluding hydrogens is 354 g/mol. The average molecular weight is 370 g/mol. The lowest BCUT2D eigenvalue weighted by atomic mass is 10.1. The molecule has 0 aliphatic rings. The molecule has 0 fully saturated rings. The molecule has 1 aromatic heterocycles. The Morgan fingerprint density at radius 2 is 1.73 bits per heavy atom. The van der Waals surface area contributed by atoms with Crippen LogP contribution in [0.15, 0.2) is 66.9 Å². The average Bonchev–Trinajstić information content (AvgIpc) is 3.12. The van der Waals surface area contributed by atoms with Gasteiger partial charge in [-0.2, -0.15) is 0 Å². The van der Waals surface area contributed by atoms with Crippen molar-refractivity contribution in [2.24, 2.45) is 0 Å². The normalized spacial score (nSPS) is 10.2. The van der Waals surface area contributed by atoms with Gasteiger partial charge in [0.05, 0.1) is 5.02 Å². The number of aromatic nitrogens is 1. The lowest BCUT2D eigenvalue weighted by molar-refractivity contribution is -0.123. The van der Waals surface area contributed by atoms with Gasteiger partial charge >= 0.3 is 0 Å². The van der Waals surface area contributed by atoms with Crippen molar-refractivity contribution in [3.8, 4) is 16.9 Å². The fourth-order valence-electron chi connectivity index (χ4n) is 2.32. The minimum Gasteiger partial charge on any atom is -0.483 e. The maximum atomic E-state index is 11.9. The van der Waals surface area contributed by atoms with Crippen molar-refractivity contribution >= 4 is 23.4 Å². The monoisotopic (exact) mass is 369 g/mol. The number of halogens is 1. The second-order valence-electron chi connectivity index (χ2n) is 5.38. The van der Waals surface area contributed by atoms with Crippen molar-refractivity contribution in [3.63, 3.8) is 0 Å². The smallest absolute Gasteiger partial charge is 0.286 e. The Kier molecular flexibility index (Phi) is 5.56. The number of amides is 2. The van der Waals surface area contributed by atoms with E-state index in [-0.39, 0.29) is 12.3 Å². The Labute approximate surface area is 155 Å². The summed E-state index contributed by atoms with van der Waals surface area (Å²) in [6, 6.07) is 18.6. The summed E-state index contributed by atoms with van der Waals surface area (Å²) in [6.45, 7) is -0.240. The molecule has 3 aromatic rings. The number of carbonyl (C=O) groups is 2. The molecule has 132 valence electrons. The van der Waals surface area contributed by atoms with Crippen LogP contribution in [0.4, 0.5) is 0 Å². The Bertz CT molecular complexity index is 909. The fraction of sp³-hybridized carbons (Fsp3) is 0.0526. The zero-order valence-corrected chi connectivity index (χ0v) is 14.4. The van der Waals surface area contributed by atoms with Crippen LogP contribution in [0.1, 0.15) is 10.5 Å². The number of ether oxygens (including phenoxy) is 1. The number of hydrogen-bond acceptors (Lipinski definition) is 3. The summed E-state index contributed by atoms with van der Waals surface area (Å²) in [5.41, 5.74) is 6.69. The molecule has 3 rings (SSSR count). The van der Waals surface area contributed by atoms with E-state index in [9.17, 15) is 9.59 Å². The van der Waals surface area contributed by atoms with Crippen molar-refractivity contribution in [1.82, 2.24) is 15.8 Å². The van der Waals surface area contributed by atoms with Gasteiger partial charge in [-0.3, -0.25) is 20.4 Å².